The normalized spacial score (nSPS) is 13.2. The second kappa shape index (κ2) is 12.0. The Labute approximate surface area is 219 Å². The van der Waals surface area contributed by atoms with E-state index in [0.29, 0.717) is 32.5 Å². The summed E-state index contributed by atoms with van der Waals surface area (Å²) in [6.45, 7) is 7.50. The average molecular weight is 500 g/mol. The third kappa shape index (κ3) is 5.85. The molecule has 1 heterocycles. The van der Waals surface area contributed by atoms with Crippen LogP contribution in [-0.4, -0.2) is 41.8 Å². The number of hydrogen-bond acceptors (Lipinski definition) is 3. The number of nitrogens with one attached hydrogen (secondary N) is 1. The van der Waals surface area contributed by atoms with Gasteiger partial charge in [0.05, 0.1) is 5.69 Å². The molecule has 0 radical (unpaired) electrons. The van der Waals surface area contributed by atoms with Crippen LogP contribution in [-0.2, 0) is 16.1 Å². The van der Waals surface area contributed by atoms with Crippen molar-refractivity contribution in [1.82, 2.24) is 10.2 Å². The minimum Gasteiger partial charge on any atom is -0.354 e. The van der Waals surface area contributed by atoms with Gasteiger partial charge in [-0.3, -0.25) is 14.4 Å². The van der Waals surface area contributed by atoms with Crippen molar-refractivity contribution in [3.63, 3.8) is 0 Å². The number of rotatable bonds is 12. The molecule has 4 rings (SSSR count). The molecule has 3 aromatic carbocycles. The molecule has 0 unspecified atom stereocenters. The standard InChI is InChI=1S/C31H37N3O3/c1-4-6-18-32-30(36)26(5-2)34(21-23-12-7-11-22(3)20-23)28(35)17-10-19-33-27-16-9-14-24-13-8-15-25(29(24)27)31(33)37/h7-9,11-16,20,26H,4-6,10,17-19,21H2,1-3H3,(H,32,36)/t26-/m1/s1. The molecule has 1 aliphatic rings. The Hall–Kier alpha value is -3.67. The van der Waals surface area contributed by atoms with E-state index in [-0.39, 0.29) is 24.1 Å². The van der Waals surface area contributed by atoms with Crippen LogP contribution in [0.25, 0.3) is 10.8 Å². The fourth-order valence-electron chi connectivity index (χ4n) is 5.17. The van der Waals surface area contributed by atoms with Gasteiger partial charge in [-0.25, -0.2) is 0 Å². The van der Waals surface area contributed by atoms with Crippen LogP contribution in [0.3, 0.4) is 0 Å². The molecular formula is C31H37N3O3. The zero-order chi connectivity index (χ0) is 26.4. The van der Waals surface area contributed by atoms with Crippen molar-refractivity contribution >= 4 is 34.2 Å². The first-order valence-corrected chi connectivity index (χ1v) is 13.4. The van der Waals surface area contributed by atoms with E-state index in [9.17, 15) is 14.4 Å². The Balaban J connectivity index is 1.47. The predicted molar refractivity (Wildman–Crippen MR) is 149 cm³/mol. The summed E-state index contributed by atoms with van der Waals surface area (Å²) in [7, 11) is 0. The van der Waals surface area contributed by atoms with Gasteiger partial charge in [0, 0.05) is 37.0 Å². The first-order chi connectivity index (χ1) is 17.9. The lowest BCUT2D eigenvalue weighted by molar-refractivity contribution is -0.141. The summed E-state index contributed by atoms with van der Waals surface area (Å²) in [6.07, 6.45) is 3.23. The highest BCUT2D eigenvalue weighted by molar-refractivity contribution is 6.25. The molecule has 37 heavy (non-hydrogen) atoms. The molecule has 6 heteroatoms. The summed E-state index contributed by atoms with van der Waals surface area (Å²) in [4.78, 5) is 43.2. The minimum absolute atomic E-state index is 0.0161. The van der Waals surface area contributed by atoms with E-state index in [1.165, 1.54) is 0 Å². The van der Waals surface area contributed by atoms with Crippen LogP contribution in [0.1, 0.15) is 67.4 Å². The van der Waals surface area contributed by atoms with E-state index < -0.39 is 6.04 Å². The van der Waals surface area contributed by atoms with Gasteiger partial charge in [0.15, 0.2) is 0 Å². The maximum absolute atomic E-state index is 13.6. The number of carbonyl (C=O) groups excluding carboxylic acids is 3. The summed E-state index contributed by atoms with van der Waals surface area (Å²) >= 11 is 0. The molecule has 0 bridgehead atoms. The molecule has 1 N–H and O–H groups in total. The topological polar surface area (TPSA) is 69.7 Å². The third-order valence-corrected chi connectivity index (χ3v) is 7.07. The maximum Gasteiger partial charge on any atom is 0.258 e. The first kappa shape index (κ1) is 26.4. The number of aryl methyl sites for hydroxylation is 1. The molecule has 0 saturated carbocycles. The summed E-state index contributed by atoms with van der Waals surface area (Å²) in [5, 5.41) is 5.04. The van der Waals surface area contributed by atoms with E-state index in [1.54, 1.807) is 9.80 Å². The number of carbonyl (C=O) groups is 3. The van der Waals surface area contributed by atoms with Crippen LogP contribution < -0.4 is 10.2 Å². The molecule has 1 aliphatic heterocycles. The molecular weight excluding hydrogens is 462 g/mol. The van der Waals surface area contributed by atoms with E-state index in [4.69, 9.17) is 0 Å². The monoisotopic (exact) mass is 499 g/mol. The van der Waals surface area contributed by atoms with Gasteiger partial charge in [0.25, 0.3) is 5.91 Å². The highest BCUT2D eigenvalue weighted by Gasteiger charge is 2.31. The lowest BCUT2D eigenvalue weighted by atomic mass is 10.1. The molecule has 6 nitrogen and oxygen atoms in total. The number of anilines is 1. The number of nitrogens with zero attached hydrogens (tertiary/aromatic N) is 2. The molecule has 0 spiro atoms. The van der Waals surface area contributed by atoms with Gasteiger partial charge in [-0.2, -0.15) is 0 Å². The van der Waals surface area contributed by atoms with Crippen molar-refractivity contribution in [3.05, 3.63) is 77.4 Å². The van der Waals surface area contributed by atoms with Crippen LogP contribution in [0.2, 0.25) is 0 Å². The van der Waals surface area contributed by atoms with Crippen molar-refractivity contribution in [3.8, 4) is 0 Å². The number of hydrogen-bond donors (Lipinski definition) is 1. The molecule has 1 atom stereocenters. The largest absolute Gasteiger partial charge is 0.354 e. The Bertz CT molecular complexity index is 1280. The lowest BCUT2D eigenvalue weighted by Crippen LogP contribution is -2.49. The molecule has 0 aliphatic carbocycles. The molecule has 3 amide bonds. The average Bonchev–Trinajstić information content (AvgIpc) is 3.17. The summed E-state index contributed by atoms with van der Waals surface area (Å²) in [5.41, 5.74) is 3.75. The van der Waals surface area contributed by atoms with Gasteiger partial charge in [-0.1, -0.05) is 74.4 Å². The van der Waals surface area contributed by atoms with Gasteiger partial charge >= 0.3 is 0 Å². The minimum atomic E-state index is -0.531. The van der Waals surface area contributed by atoms with Crippen molar-refractivity contribution in [2.24, 2.45) is 0 Å². The van der Waals surface area contributed by atoms with Crippen LogP contribution in [0.4, 0.5) is 5.69 Å². The third-order valence-electron chi connectivity index (χ3n) is 7.07. The fourth-order valence-corrected chi connectivity index (χ4v) is 5.17. The van der Waals surface area contributed by atoms with Gasteiger partial charge in [0.2, 0.25) is 11.8 Å². The quantitative estimate of drug-likeness (QED) is 0.329. The second-order valence-corrected chi connectivity index (χ2v) is 9.82. The van der Waals surface area contributed by atoms with Gasteiger partial charge in [0.1, 0.15) is 6.04 Å². The summed E-state index contributed by atoms with van der Waals surface area (Å²) < 4.78 is 0. The number of benzene rings is 3. The van der Waals surface area contributed by atoms with Crippen molar-refractivity contribution in [2.75, 3.05) is 18.0 Å². The lowest BCUT2D eigenvalue weighted by Gasteiger charge is -2.31. The van der Waals surface area contributed by atoms with Gasteiger partial charge < -0.3 is 15.1 Å². The smallest absolute Gasteiger partial charge is 0.258 e. The van der Waals surface area contributed by atoms with Crippen molar-refractivity contribution in [1.29, 1.82) is 0 Å². The van der Waals surface area contributed by atoms with Crippen LogP contribution >= 0.6 is 0 Å². The first-order valence-electron chi connectivity index (χ1n) is 13.4. The molecule has 0 saturated heterocycles. The highest BCUT2D eigenvalue weighted by atomic mass is 16.2. The molecule has 194 valence electrons. The Morgan fingerprint density at radius 1 is 1.00 bits per heavy atom. The van der Waals surface area contributed by atoms with E-state index >= 15 is 0 Å². The zero-order valence-corrected chi connectivity index (χ0v) is 22.1. The molecule has 3 aromatic rings. The fraction of sp³-hybridized carbons (Fsp3) is 0.387. The Morgan fingerprint density at radius 2 is 1.76 bits per heavy atom. The van der Waals surface area contributed by atoms with Crippen LogP contribution in [0, 0.1) is 6.92 Å². The second-order valence-electron chi connectivity index (χ2n) is 9.82. The Kier molecular flexibility index (Phi) is 8.59. The van der Waals surface area contributed by atoms with Crippen molar-refractivity contribution in [2.45, 2.75) is 65.5 Å². The van der Waals surface area contributed by atoms with Crippen LogP contribution in [0.15, 0.2) is 60.7 Å². The molecule has 0 fully saturated rings. The summed E-state index contributed by atoms with van der Waals surface area (Å²) in [6, 6.07) is 19.3. The number of amides is 3. The SMILES string of the molecule is CCCCNC(=O)[C@@H](CC)N(Cc1cccc(C)c1)C(=O)CCCN1C(=O)c2cccc3cccc1c23. The van der Waals surface area contributed by atoms with Crippen molar-refractivity contribution < 1.29 is 14.4 Å². The maximum atomic E-state index is 13.6. The zero-order valence-electron chi connectivity index (χ0n) is 22.1. The molecule has 0 aromatic heterocycles. The summed E-state index contributed by atoms with van der Waals surface area (Å²) in [5.74, 6) is -0.187. The van der Waals surface area contributed by atoms with E-state index in [0.717, 1.165) is 46.0 Å². The van der Waals surface area contributed by atoms with Gasteiger partial charge in [-0.05, 0) is 49.3 Å². The van der Waals surface area contributed by atoms with E-state index in [1.807, 2.05) is 68.4 Å². The number of unbranched alkanes of at least 4 members (excludes halogenated alkanes) is 1. The highest BCUT2D eigenvalue weighted by Crippen LogP contribution is 2.37. The van der Waals surface area contributed by atoms with Gasteiger partial charge in [-0.15, -0.1) is 0 Å². The van der Waals surface area contributed by atoms with E-state index in [2.05, 4.69) is 18.3 Å². The Morgan fingerprint density at radius 3 is 2.49 bits per heavy atom. The predicted octanol–water partition coefficient (Wildman–Crippen LogP) is 5.61. The van der Waals surface area contributed by atoms with Crippen LogP contribution in [0.5, 0.6) is 0 Å².